The number of H-pyrrole nitrogens is 1. The van der Waals surface area contributed by atoms with Crippen molar-refractivity contribution in [2.75, 3.05) is 58.1 Å². The molecule has 4 heterocycles. The number of anilines is 1. The number of rotatable bonds is 6. The van der Waals surface area contributed by atoms with Crippen molar-refractivity contribution in [1.29, 1.82) is 0 Å². The minimum atomic E-state index is -0.288. The Balaban J connectivity index is 1.02. The van der Waals surface area contributed by atoms with Gasteiger partial charge in [-0.3, -0.25) is 9.80 Å². The number of piperazine rings is 1. The highest BCUT2D eigenvalue weighted by Gasteiger charge is 2.37. The molecule has 1 atom stereocenters. The van der Waals surface area contributed by atoms with Crippen molar-refractivity contribution in [3.63, 3.8) is 0 Å². The van der Waals surface area contributed by atoms with Gasteiger partial charge in [-0.1, -0.05) is 12.1 Å². The molecule has 2 saturated heterocycles. The molecule has 10 nitrogen and oxygen atoms in total. The number of aromatic amines is 1. The van der Waals surface area contributed by atoms with E-state index >= 15 is 0 Å². The first-order valence-corrected chi connectivity index (χ1v) is 16.3. The molecule has 8 N–H and O–H groups in total. The molecule has 234 valence electrons. The number of nitrogens with zero attached hydrogens (tertiary/aromatic N) is 4. The van der Waals surface area contributed by atoms with E-state index < -0.39 is 0 Å². The van der Waals surface area contributed by atoms with E-state index in [1.165, 1.54) is 62.9 Å². The Kier molecular flexibility index (Phi) is 8.88. The third-order valence-corrected chi connectivity index (χ3v) is 10.7. The first-order valence-electron chi connectivity index (χ1n) is 16.3. The number of hydrogen-bond acceptors (Lipinski definition) is 7. The van der Waals surface area contributed by atoms with Crippen molar-refractivity contribution < 1.29 is 9.90 Å². The van der Waals surface area contributed by atoms with Crippen LogP contribution in [0.15, 0.2) is 24.3 Å². The first-order chi connectivity index (χ1) is 20.8. The zero-order valence-electron chi connectivity index (χ0n) is 25.7. The fourth-order valence-corrected chi connectivity index (χ4v) is 8.26. The lowest BCUT2D eigenvalue weighted by molar-refractivity contribution is 0.0463. The average molecular weight is 591 g/mol. The summed E-state index contributed by atoms with van der Waals surface area (Å²) < 4.78 is 0. The molecule has 1 aromatic heterocycles. The number of nitrogens with two attached hydrogens (primary N) is 3. The number of likely N-dealkylation sites (tertiary alicyclic amines) is 1. The zero-order chi connectivity index (χ0) is 30.1. The van der Waals surface area contributed by atoms with E-state index in [9.17, 15) is 9.90 Å². The summed E-state index contributed by atoms with van der Waals surface area (Å²) in [5.74, 6) is 1.58. The first kappa shape index (κ1) is 29.8. The Morgan fingerprint density at radius 1 is 0.953 bits per heavy atom. The Morgan fingerprint density at radius 3 is 2.30 bits per heavy atom. The largest absolute Gasteiger partial charge is 0.507 e. The van der Waals surface area contributed by atoms with Crippen LogP contribution in [0.1, 0.15) is 73.9 Å². The molecule has 0 radical (unpaired) electrons. The van der Waals surface area contributed by atoms with E-state index in [0.717, 1.165) is 57.2 Å². The van der Waals surface area contributed by atoms with Crippen LogP contribution in [0, 0.1) is 5.92 Å². The summed E-state index contributed by atoms with van der Waals surface area (Å²) in [7, 11) is 0. The Labute approximate surface area is 255 Å². The number of primary amides is 1. The second kappa shape index (κ2) is 12.8. The van der Waals surface area contributed by atoms with Crippen molar-refractivity contribution in [2.24, 2.45) is 17.4 Å². The molecule has 43 heavy (non-hydrogen) atoms. The maximum atomic E-state index is 11.4. The van der Waals surface area contributed by atoms with Crippen molar-refractivity contribution >= 4 is 23.6 Å². The number of para-hydroxylation sites is 1. The summed E-state index contributed by atoms with van der Waals surface area (Å²) in [6.07, 6.45) is 10.4. The molecule has 0 spiro atoms. The zero-order valence-corrected chi connectivity index (χ0v) is 25.7. The minimum absolute atomic E-state index is 0.176. The molecule has 6 rings (SSSR count). The number of benzene rings is 1. The van der Waals surface area contributed by atoms with E-state index in [2.05, 4.69) is 26.6 Å². The standard InChI is InChI=1S/C33H50N8O2/c1-22-31-27(20-28(34)26-4-2-3-5-30(26)42)32(35)37-29(31)12-15-41(22)25-8-6-24(7-9-25)39-13-10-23(11-14-39)21-38-16-18-40(19-17-38)33(36)43/h2-5,20,22-25,37,42H,6-19,21,34-35H2,1H3,(H2,36,43)/b28-20-. The number of nitrogen functional groups attached to an aromatic ring is 1. The molecule has 0 bridgehead atoms. The molecule has 1 aromatic carbocycles. The van der Waals surface area contributed by atoms with Gasteiger partial charge in [0.15, 0.2) is 0 Å². The molecule has 3 aliphatic heterocycles. The highest BCUT2D eigenvalue weighted by atomic mass is 16.3. The monoisotopic (exact) mass is 590 g/mol. The Morgan fingerprint density at radius 2 is 1.63 bits per heavy atom. The van der Waals surface area contributed by atoms with E-state index in [1.54, 1.807) is 17.0 Å². The second-order valence-electron chi connectivity index (χ2n) is 13.2. The van der Waals surface area contributed by atoms with E-state index in [1.807, 2.05) is 18.2 Å². The number of piperidine rings is 1. The van der Waals surface area contributed by atoms with Crippen LogP contribution in [-0.4, -0.2) is 100 Å². The van der Waals surface area contributed by atoms with Crippen molar-refractivity contribution in [2.45, 2.75) is 70.0 Å². The fraction of sp³-hybridized carbons (Fsp3) is 0.606. The van der Waals surface area contributed by atoms with Crippen molar-refractivity contribution in [1.82, 2.24) is 24.6 Å². The fourth-order valence-electron chi connectivity index (χ4n) is 8.26. The van der Waals surface area contributed by atoms with Gasteiger partial charge in [0.2, 0.25) is 0 Å². The number of urea groups is 1. The van der Waals surface area contributed by atoms with Gasteiger partial charge in [-0.05, 0) is 88.2 Å². The lowest BCUT2D eigenvalue weighted by atomic mass is 9.84. The normalized spacial score (nSPS) is 26.9. The van der Waals surface area contributed by atoms with Gasteiger partial charge >= 0.3 is 6.03 Å². The van der Waals surface area contributed by atoms with Gasteiger partial charge in [0, 0.05) is 86.3 Å². The lowest BCUT2D eigenvalue weighted by Gasteiger charge is -2.46. The number of hydrogen-bond donors (Lipinski definition) is 5. The van der Waals surface area contributed by atoms with E-state index in [4.69, 9.17) is 17.2 Å². The molecule has 2 aromatic rings. The molecular formula is C33H50N8O2. The van der Waals surface area contributed by atoms with Gasteiger partial charge < -0.3 is 37.1 Å². The number of aromatic hydroxyl groups is 1. The SMILES string of the molecule is CC1c2c([nH]c(N)c2/C=C(\N)c2ccccc2O)CCN1C1CCC(N2CCC(CN3CCN(C(N)=O)CC3)CC2)CC1. The van der Waals surface area contributed by atoms with Gasteiger partial charge in [0.1, 0.15) is 11.6 Å². The molecule has 3 fully saturated rings. The summed E-state index contributed by atoms with van der Waals surface area (Å²) in [5, 5.41) is 10.3. The van der Waals surface area contributed by atoms with Gasteiger partial charge in [-0.25, -0.2) is 4.79 Å². The van der Waals surface area contributed by atoms with Crippen LogP contribution in [-0.2, 0) is 6.42 Å². The predicted octanol–water partition coefficient (Wildman–Crippen LogP) is 3.40. The number of phenols is 1. The highest BCUT2D eigenvalue weighted by Crippen LogP contribution is 2.41. The molecule has 2 amide bonds. The van der Waals surface area contributed by atoms with Gasteiger partial charge in [-0.15, -0.1) is 0 Å². The Bertz CT molecular complexity index is 1300. The lowest BCUT2D eigenvalue weighted by Crippen LogP contribution is -2.52. The quantitative estimate of drug-likeness (QED) is 0.347. The van der Waals surface area contributed by atoms with Crippen LogP contribution >= 0.6 is 0 Å². The van der Waals surface area contributed by atoms with Gasteiger partial charge in [0.05, 0.1) is 0 Å². The third kappa shape index (κ3) is 6.37. The van der Waals surface area contributed by atoms with Gasteiger partial charge in [0.25, 0.3) is 0 Å². The number of carbonyl (C=O) groups excluding carboxylic acids is 1. The molecular weight excluding hydrogens is 540 g/mol. The summed E-state index contributed by atoms with van der Waals surface area (Å²) >= 11 is 0. The molecule has 1 unspecified atom stereocenters. The topological polar surface area (TPSA) is 144 Å². The van der Waals surface area contributed by atoms with E-state index in [0.29, 0.717) is 29.2 Å². The number of nitrogens with one attached hydrogen (secondary N) is 1. The number of amides is 2. The van der Waals surface area contributed by atoms with Crippen LogP contribution < -0.4 is 17.2 Å². The van der Waals surface area contributed by atoms with E-state index in [-0.39, 0.29) is 17.8 Å². The third-order valence-electron chi connectivity index (χ3n) is 10.7. The molecule has 1 aliphatic carbocycles. The predicted molar refractivity (Wildman–Crippen MR) is 172 cm³/mol. The summed E-state index contributed by atoms with van der Waals surface area (Å²) in [5.41, 5.74) is 23.0. The van der Waals surface area contributed by atoms with Gasteiger partial charge in [-0.2, -0.15) is 0 Å². The van der Waals surface area contributed by atoms with Crippen molar-refractivity contribution in [3.8, 4) is 5.75 Å². The van der Waals surface area contributed by atoms with Crippen LogP contribution in [0.4, 0.5) is 10.6 Å². The summed E-state index contributed by atoms with van der Waals surface area (Å²) in [6, 6.07) is 8.42. The Hall–Kier alpha value is -3.21. The number of fused-ring (bicyclic) bond motifs is 1. The molecule has 4 aliphatic rings. The number of carbonyl (C=O) groups is 1. The average Bonchev–Trinajstić information content (AvgIpc) is 3.33. The number of aromatic nitrogens is 1. The summed E-state index contributed by atoms with van der Waals surface area (Å²) in [6.45, 7) is 10.3. The molecule has 10 heteroatoms. The van der Waals surface area contributed by atoms with Crippen LogP contribution in [0.3, 0.4) is 0 Å². The minimum Gasteiger partial charge on any atom is -0.507 e. The second-order valence-corrected chi connectivity index (χ2v) is 13.2. The highest BCUT2D eigenvalue weighted by molar-refractivity contribution is 5.86. The maximum absolute atomic E-state index is 11.4. The maximum Gasteiger partial charge on any atom is 0.314 e. The van der Waals surface area contributed by atoms with Crippen LogP contribution in [0.5, 0.6) is 5.75 Å². The smallest absolute Gasteiger partial charge is 0.314 e. The van der Waals surface area contributed by atoms with Crippen LogP contribution in [0.25, 0.3) is 11.8 Å². The van der Waals surface area contributed by atoms with Crippen molar-refractivity contribution in [3.05, 3.63) is 46.6 Å². The molecule has 1 saturated carbocycles. The number of phenolic OH excluding ortho intramolecular Hbond substituents is 1. The summed E-state index contributed by atoms with van der Waals surface area (Å²) in [4.78, 5) is 24.6. The van der Waals surface area contributed by atoms with Crippen LogP contribution in [0.2, 0.25) is 0 Å².